The number of allylic oxidation sites excluding steroid dienone is 4. The number of rotatable bonds is 7. The van der Waals surface area contributed by atoms with E-state index in [1.807, 2.05) is 44.2 Å². The molecule has 0 radical (unpaired) electrons. The van der Waals surface area contributed by atoms with E-state index in [9.17, 15) is 0 Å². The van der Waals surface area contributed by atoms with Crippen LogP contribution >= 0.6 is 0 Å². The van der Waals surface area contributed by atoms with Gasteiger partial charge in [-0.05, 0) is 25.0 Å². The molecule has 1 atom stereocenters. The lowest BCUT2D eigenvalue weighted by Gasteiger charge is -2.19. The number of nitrogens with one attached hydrogen (secondary N) is 1. The molecule has 0 aromatic rings. The monoisotopic (exact) mass is 219 g/mol. The summed E-state index contributed by atoms with van der Waals surface area (Å²) in [5, 5.41) is 0. The molecular weight excluding hydrogens is 198 g/mol. The fourth-order valence-corrected chi connectivity index (χ4v) is 1.43. The van der Waals surface area contributed by atoms with Gasteiger partial charge >= 0.3 is 0 Å². The Hall–Kier alpha value is -1.38. The summed E-state index contributed by atoms with van der Waals surface area (Å²) < 4.78 is 0. The van der Waals surface area contributed by atoms with Crippen molar-refractivity contribution in [1.29, 1.82) is 0 Å². The van der Waals surface area contributed by atoms with Crippen LogP contribution in [0, 0.1) is 0 Å². The summed E-state index contributed by atoms with van der Waals surface area (Å²) >= 11 is 0. The Labute approximate surface area is 98.7 Å². The molecule has 88 valence electrons. The van der Waals surface area contributed by atoms with Gasteiger partial charge in [0.05, 0.1) is 13.2 Å². The highest BCUT2D eigenvalue weighted by Gasteiger charge is 2.13. The smallest absolute Gasteiger partial charge is 0.0818 e. The van der Waals surface area contributed by atoms with Crippen molar-refractivity contribution in [1.82, 2.24) is 5.48 Å². The molecule has 2 heteroatoms. The zero-order valence-corrected chi connectivity index (χ0v) is 10.4. The predicted molar refractivity (Wildman–Crippen MR) is 71.0 cm³/mol. The summed E-state index contributed by atoms with van der Waals surface area (Å²) in [5.74, 6) is 0. The van der Waals surface area contributed by atoms with Crippen molar-refractivity contribution in [2.45, 2.75) is 19.9 Å². The second kappa shape index (κ2) is 8.89. The van der Waals surface area contributed by atoms with Gasteiger partial charge in [-0.3, -0.25) is 0 Å². The van der Waals surface area contributed by atoms with Crippen molar-refractivity contribution in [3.05, 3.63) is 60.8 Å². The minimum absolute atomic E-state index is 0.0262. The highest BCUT2D eigenvalue weighted by atomic mass is 16.6. The van der Waals surface area contributed by atoms with E-state index in [0.717, 1.165) is 11.1 Å². The molecular formula is C14H21NO. The van der Waals surface area contributed by atoms with E-state index >= 15 is 0 Å². The number of hydroxylamine groups is 1. The van der Waals surface area contributed by atoms with E-state index in [2.05, 4.69) is 18.6 Å². The Morgan fingerprint density at radius 2 is 1.94 bits per heavy atom. The quantitative estimate of drug-likeness (QED) is 0.524. The first kappa shape index (κ1) is 14.6. The van der Waals surface area contributed by atoms with E-state index in [-0.39, 0.29) is 6.04 Å². The molecule has 1 unspecified atom stereocenters. The molecule has 2 nitrogen and oxygen atoms in total. The van der Waals surface area contributed by atoms with Crippen molar-refractivity contribution in [3.8, 4) is 0 Å². The topological polar surface area (TPSA) is 21.3 Å². The van der Waals surface area contributed by atoms with Gasteiger partial charge in [0, 0.05) is 0 Å². The van der Waals surface area contributed by atoms with Crippen LogP contribution in [0.2, 0.25) is 0 Å². The minimum atomic E-state index is -0.0262. The lowest BCUT2D eigenvalue weighted by molar-refractivity contribution is 0.0810. The zero-order chi connectivity index (χ0) is 12.4. The van der Waals surface area contributed by atoms with Gasteiger partial charge in [0.15, 0.2) is 0 Å². The first-order chi connectivity index (χ1) is 7.74. The average molecular weight is 219 g/mol. The highest BCUT2D eigenvalue weighted by molar-refractivity contribution is 5.39. The van der Waals surface area contributed by atoms with Crippen molar-refractivity contribution < 1.29 is 4.84 Å². The van der Waals surface area contributed by atoms with Gasteiger partial charge in [-0.15, -0.1) is 0 Å². The lowest BCUT2D eigenvalue weighted by atomic mass is 9.98. The van der Waals surface area contributed by atoms with Gasteiger partial charge in [0.25, 0.3) is 0 Å². The van der Waals surface area contributed by atoms with Crippen LogP contribution in [0.15, 0.2) is 60.8 Å². The SMILES string of the molecule is C=C/C=C(\C=C/C)C(NOC)/C(C=C)=C/C. The van der Waals surface area contributed by atoms with Crippen LogP contribution in [0.3, 0.4) is 0 Å². The van der Waals surface area contributed by atoms with Crippen molar-refractivity contribution in [3.63, 3.8) is 0 Å². The summed E-state index contributed by atoms with van der Waals surface area (Å²) in [6.45, 7) is 11.5. The summed E-state index contributed by atoms with van der Waals surface area (Å²) in [6, 6.07) is -0.0262. The molecule has 0 spiro atoms. The summed E-state index contributed by atoms with van der Waals surface area (Å²) in [5.41, 5.74) is 5.09. The molecule has 0 aliphatic carbocycles. The fraction of sp³-hybridized carbons (Fsp3) is 0.286. The normalized spacial score (nSPS) is 15.2. The molecule has 0 fully saturated rings. The first-order valence-corrected chi connectivity index (χ1v) is 5.27. The van der Waals surface area contributed by atoms with Gasteiger partial charge in [0.2, 0.25) is 0 Å². The van der Waals surface area contributed by atoms with Crippen LogP contribution in [0.4, 0.5) is 0 Å². The Kier molecular flexibility index (Phi) is 8.12. The molecule has 0 aromatic carbocycles. The van der Waals surface area contributed by atoms with Crippen molar-refractivity contribution >= 4 is 0 Å². The fourth-order valence-electron chi connectivity index (χ4n) is 1.43. The third-order valence-electron chi connectivity index (χ3n) is 2.14. The van der Waals surface area contributed by atoms with Crippen molar-refractivity contribution in [2.24, 2.45) is 0 Å². The van der Waals surface area contributed by atoms with Crippen LogP contribution in [-0.2, 0) is 4.84 Å². The molecule has 1 N–H and O–H groups in total. The molecule has 0 aromatic heterocycles. The zero-order valence-electron chi connectivity index (χ0n) is 10.4. The molecule has 0 aliphatic heterocycles. The Balaban J connectivity index is 5.20. The summed E-state index contributed by atoms with van der Waals surface area (Å²) in [6.07, 6.45) is 11.5. The molecule has 0 bridgehead atoms. The maximum absolute atomic E-state index is 5.01. The van der Waals surface area contributed by atoms with Gasteiger partial charge in [-0.1, -0.05) is 49.6 Å². The Morgan fingerprint density at radius 3 is 2.31 bits per heavy atom. The second-order valence-corrected chi connectivity index (χ2v) is 3.15. The van der Waals surface area contributed by atoms with E-state index in [1.54, 1.807) is 13.2 Å². The maximum Gasteiger partial charge on any atom is 0.0818 e. The molecule has 16 heavy (non-hydrogen) atoms. The number of hydrogen-bond acceptors (Lipinski definition) is 2. The highest BCUT2D eigenvalue weighted by Crippen LogP contribution is 2.15. The molecule has 0 amide bonds. The lowest BCUT2D eigenvalue weighted by Crippen LogP contribution is -2.31. The Morgan fingerprint density at radius 1 is 1.25 bits per heavy atom. The average Bonchev–Trinajstić information content (AvgIpc) is 2.29. The Bertz CT molecular complexity index is 311. The van der Waals surface area contributed by atoms with E-state index in [4.69, 9.17) is 4.84 Å². The van der Waals surface area contributed by atoms with Crippen LogP contribution in [-0.4, -0.2) is 13.2 Å². The van der Waals surface area contributed by atoms with E-state index in [0.29, 0.717) is 0 Å². The maximum atomic E-state index is 5.01. The minimum Gasteiger partial charge on any atom is -0.304 e. The molecule has 0 heterocycles. The number of hydrogen-bond donors (Lipinski definition) is 1. The predicted octanol–water partition coefficient (Wildman–Crippen LogP) is 3.33. The molecule has 0 saturated heterocycles. The third-order valence-corrected chi connectivity index (χ3v) is 2.14. The van der Waals surface area contributed by atoms with E-state index < -0.39 is 0 Å². The molecule has 0 rings (SSSR count). The van der Waals surface area contributed by atoms with Crippen molar-refractivity contribution in [2.75, 3.05) is 7.11 Å². The summed E-state index contributed by atoms with van der Waals surface area (Å²) in [4.78, 5) is 5.01. The van der Waals surface area contributed by atoms with Crippen LogP contribution < -0.4 is 5.48 Å². The van der Waals surface area contributed by atoms with Gasteiger partial charge in [-0.2, -0.15) is 5.48 Å². The van der Waals surface area contributed by atoms with Gasteiger partial charge in [0.1, 0.15) is 0 Å². The standard InChI is InChI=1S/C14H21NO/c1-6-10-13(11-7-2)14(15-16-5)12(8-3)9-4/h6-11,14-15H,1,3H2,2,4-5H3/b11-7-,12-9+,13-10+. The van der Waals surface area contributed by atoms with Gasteiger partial charge in [-0.25, -0.2) is 0 Å². The second-order valence-electron chi connectivity index (χ2n) is 3.15. The van der Waals surface area contributed by atoms with Crippen LogP contribution in [0.25, 0.3) is 0 Å². The van der Waals surface area contributed by atoms with E-state index in [1.165, 1.54) is 0 Å². The first-order valence-electron chi connectivity index (χ1n) is 5.27. The summed E-state index contributed by atoms with van der Waals surface area (Å²) in [7, 11) is 1.60. The van der Waals surface area contributed by atoms with Gasteiger partial charge < -0.3 is 4.84 Å². The largest absolute Gasteiger partial charge is 0.304 e. The molecule has 0 aliphatic rings. The van der Waals surface area contributed by atoms with Crippen LogP contribution in [0.5, 0.6) is 0 Å². The van der Waals surface area contributed by atoms with Crippen LogP contribution in [0.1, 0.15) is 13.8 Å². The third kappa shape index (κ3) is 4.43. The molecule has 0 saturated carbocycles.